The number of aryl methyl sites for hydroxylation is 1. The van der Waals surface area contributed by atoms with E-state index in [9.17, 15) is 0 Å². The summed E-state index contributed by atoms with van der Waals surface area (Å²) in [5.41, 5.74) is 1.28. The largest absolute Gasteiger partial charge is 0.491 e. The van der Waals surface area contributed by atoms with Crippen LogP contribution in [0.25, 0.3) is 0 Å². The summed E-state index contributed by atoms with van der Waals surface area (Å²) in [6, 6.07) is 12.6. The lowest BCUT2D eigenvalue weighted by Crippen LogP contribution is -2.37. The third kappa shape index (κ3) is 6.24. The molecule has 1 heterocycles. The molecule has 0 radical (unpaired) electrons. The number of guanidine groups is 1. The predicted octanol–water partition coefficient (Wildman–Crippen LogP) is 3.75. The van der Waals surface area contributed by atoms with Gasteiger partial charge in [-0.15, -0.1) is 11.3 Å². The van der Waals surface area contributed by atoms with Gasteiger partial charge >= 0.3 is 0 Å². The monoisotopic (exact) mass is 345 g/mol. The van der Waals surface area contributed by atoms with Gasteiger partial charge in [-0.3, -0.25) is 4.99 Å². The van der Waals surface area contributed by atoms with Crippen molar-refractivity contribution in [1.29, 1.82) is 0 Å². The highest BCUT2D eigenvalue weighted by Crippen LogP contribution is 2.15. The molecule has 0 aliphatic carbocycles. The van der Waals surface area contributed by atoms with Gasteiger partial charge in [0.05, 0.1) is 12.6 Å². The molecule has 0 unspecified atom stereocenters. The maximum Gasteiger partial charge on any atom is 0.191 e. The SMILES string of the molecule is CN=C(NCCc1ccc(OC(C)C)cc1)NCc1ccc(C)s1. The highest BCUT2D eigenvalue weighted by atomic mass is 32.1. The minimum Gasteiger partial charge on any atom is -0.491 e. The van der Waals surface area contributed by atoms with Crippen molar-refractivity contribution in [3.63, 3.8) is 0 Å². The quantitative estimate of drug-likeness (QED) is 0.593. The Morgan fingerprint density at radius 2 is 1.88 bits per heavy atom. The second-order valence-electron chi connectivity index (χ2n) is 5.93. The zero-order valence-electron chi connectivity index (χ0n) is 14.9. The highest BCUT2D eigenvalue weighted by Gasteiger charge is 2.01. The zero-order chi connectivity index (χ0) is 17.4. The summed E-state index contributed by atoms with van der Waals surface area (Å²) in [4.78, 5) is 6.92. The number of hydrogen-bond donors (Lipinski definition) is 2. The fourth-order valence-corrected chi connectivity index (χ4v) is 3.13. The standard InChI is InChI=1S/C19H27N3OS/c1-14(2)23-17-8-6-16(7-9-17)11-12-21-19(20-4)22-13-18-10-5-15(3)24-18/h5-10,14H,11-13H2,1-4H3,(H2,20,21,22). The minimum absolute atomic E-state index is 0.207. The second-order valence-corrected chi connectivity index (χ2v) is 7.30. The molecule has 0 bridgehead atoms. The van der Waals surface area contributed by atoms with E-state index in [-0.39, 0.29) is 6.10 Å². The Balaban J connectivity index is 1.73. The number of nitrogens with zero attached hydrogens (tertiary/aromatic N) is 1. The maximum absolute atomic E-state index is 5.66. The number of hydrogen-bond acceptors (Lipinski definition) is 3. The van der Waals surface area contributed by atoms with Gasteiger partial charge in [-0.25, -0.2) is 0 Å². The molecule has 24 heavy (non-hydrogen) atoms. The summed E-state index contributed by atoms with van der Waals surface area (Å²) in [7, 11) is 1.80. The van der Waals surface area contributed by atoms with Gasteiger partial charge in [-0.05, 0) is 57.0 Å². The van der Waals surface area contributed by atoms with E-state index in [0.29, 0.717) is 0 Å². The Kier molecular flexibility index (Phi) is 7.12. The number of rotatable bonds is 7. The lowest BCUT2D eigenvalue weighted by Gasteiger charge is -2.12. The molecule has 4 nitrogen and oxygen atoms in total. The molecular formula is C19H27N3OS. The summed E-state index contributed by atoms with van der Waals surface area (Å²) in [6.45, 7) is 7.84. The average molecular weight is 346 g/mol. The minimum atomic E-state index is 0.207. The Morgan fingerprint density at radius 3 is 2.46 bits per heavy atom. The van der Waals surface area contributed by atoms with Crippen molar-refractivity contribution >= 4 is 17.3 Å². The lowest BCUT2D eigenvalue weighted by molar-refractivity contribution is 0.242. The van der Waals surface area contributed by atoms with Gasteiger partial charge in [0.25, 0.3) is 0 Å². The van der Waals surface area contributed by atoms with E-state index in [1.54, 1.807) is 7.05 Å². The summed E-state index contributed by atoms with van der Waals surface area (Å²) < 4.78 is 5.66. The Labute approximate surface area is 149 Å². The van der Waals surface area contributed by atoms with Crippen molar-refractivity contribution in [3.8, 4) is 5.75 Å². The van der Waals surface area contributed by atoms with Crippen molar-refractivity contribution < 1.29 is 4.74 Å². The van der Waals surface area contributed by atoms with E-state index < -0.39 is 0 Å². The number of benzene rings is 1. The van der Waals surface area contributed by atoms with Crippen molar-refractivity contribution in [2.24, 2.45) is 4.99 Å². The fourth-order valence-electron chi connectivity index (χ4n) is 2.30. The van der Waals surface area contributed by atoms with Gasteiger partial charge in [-0.1, -0.05) is 12.1 Å². The van der Waals surface area contributed by atoms with Crippen molar-refractivity contribution in [3.05, 3.63) is 51.7 Å². The van der Waals surface area contributed by atoms with E-state index in [2.05, 4.69) is 46.8 Å². The molecule has 0 atom stereocenters. The molecule has 130 valence electrons. The van der Waals surface area contributed by atoms with E-state index in [1.165, 1.54) is 15.3 Å². The first kappa shape index (κ1) is 18.3. The van der Waals surface area contributed by atoms with Gasteiger partial charge < -0.3 is 15.4 Å². The Morgan fingerprint density at radius 1 is 1.12 bits per heavy atom. The number of ether oxygens (including phenoxy) is 1. The van der Waals surface area contributed by atoms with Crippen molar-refractivity contribution in [1.82, 2.24) is 10.6 Å². The van der Waals surface area contributed by atoms with Crippen LogP contribution >= 0.6 is 11.3 Å². The molecule has 0 aliphatic rings. The molecule has 1 aromatic carbocycles. The number of thiophene rings is 1. The summed E-state index contributed by atoms with van der Waals surface area (Å²) in [5, 5.41) is 6.70. The van der Waals surface area contributed by atoms with Crippen molar-refractivity contribution in [2.45, 2.75) is 39.8 Å². The first-order valence-corrected chi connectivity index (χ1v) is 9.14. The topological polar surface area (TPSA) is 45.7 Å². The van der Waals surface area contributed by atoms with E-state index in [1.807, 2.05) is 37.3 Å². The van der Waals surface area contributed by atoms with Gasteiger partial charge in [-0.2, -0.15) is 0 Å². The lowest BCUT2D eigenvalue weighted by atomic mass is 10.1. The van der Waals surface area contributed by atoms with Gasteiger partial charge in [0, 0.05) is 23.3 Å². The van der Waals surface area contributed by atoms with Gasteiger partial charge in [0.1, 0.15) is 5.75 Å². The average Bonchev–Trinajstić information content (AvgIpc) is 2.97. The van der Waals surface area contributed by atoms with Crippen LogP contribution in [0.4, 0.5) is 0 Å². The molecule has 2 aromatic rings. The zero-order valence-corrected chi connectivity index (χ0v) is 15.7. The molecule has 2 N–H and O–H groups in total. The first-order valence-electron chi connectivity index (χ1n) is 8.32. The molecular weight excluding hydrogens is 318 g/mol. The van der Waals surface area contributed by atoms with Gasteiger partial charge in [0.2, 0.25) is 0 Å². The van der Waals surface area contributed by atoms with E-state index in [4.69, 9.17) is 4.74 Å². The van der Waals surface area contributed by atoms with Crippen LogP contribution in [0.2, 0.25) is 0 Å². The smallest absolute Gasteiger partial charge is 0.191 e. The Hall–Kier alpha value is -2.01. The van der Waals surface area contributed by atoms with Crippen LogP contribution in [-0.2, 0) is 13.0 Å². The van der Waals surface area contributed by atoms with Gasteiger partial charge in [0.15, 0.2) is 5.96 Å². The maximum atomic E-state index is 5.66. The summed E-state index contributed by atoms with van der Waals surface area (Å²) in [5.74, 6) is 1.76. The van der Waals surface area contributed by atoms with Crippen LogP contribution in [0, 0.1) is 6.92 Å². The summed E-state index contributed by atoms with van der Waals surface area (Å²) >= 11 is 1.81. The molecule has 0 aliphatic heterocycles. The predicted molar refractivity (Wildman–Crippen MR) is 103 cm³/mol. The Bertz CT molecular complexity index is 647. The summed E-state index contributed by atoms with van der Waals surface area (Å²) in [6.07, 6.45) is 1.15. The van der Waals surface area contributed by atoms with Crippen LogP contribution in [0.3, 0.4) is 0 Å². The fraction of sp³-hybridized carbons (Fsp3) is 0.421. The van der Waals surface area contributed by atoms with Crippen LogP contribution < -0.4 is 15.4 Å². The number of aliphatic imine (C=N–C) groups is 1. The molecule has 5 heteroatoms. The first-order chi connectivity index (χ1) is 11.6. The van der Waals surface area contributed by atoms with Crippen LogP contribution in [-0.4, -0.2) is 25.7 Å². The molecule has 0 spiro atoms. The third-order valence-electron chi connectivity index (χ3n) is 3.45. The molecule has 1 aromatic heterocycles. The molecule has 0 saturated heterocycles. The van der Waals surface area contributed by atoms with Crippen LogP contribution in [0.1, 0.15) is 29.2 Å². The van der Waals surface area contributed by atoms with E-state index in [0.717, 1.165) is 31.2 Å². The van der Waals surface area contributed by atoms with Crippen molar-refractivity contribution in [2.75, 3.05) is 13.6 Å². The second kappa shape index (κ2) is 9.33. The molecule has 0 saturated carbocycles. The molecule has 0 amide bonds. The van der Waals surface area contributed by atoms with Crippen LogP contribution in [0.5, 0.6) is 5.75 Å². The normalized spacial score (nSPS) is 11.6. The van der Waals surface area contributed by atoms with Crippen LogP contribution in [0.15, 0.2) is 41.4 Å². The third-order valence-corrected chi connectivity index (χ3v) is 4.45. The molecule has 2 rings (SSSR count). The number of nitrogens with one attached hydrogen (secondary N) is 2. The molecule has 0 fully saturated rings. The highest BCUT2D eigenvalue weighted by molar-refractivity contribution is 7.11. The van der Waals surface area contributed by atoms with E-state index >= 15 is 0 Å².